The van der Waals surface area contributed by atoms with Crippen LogP contribution in [0.2, 0.25) is 0 Å². The van der Waals surface area contributed by atoms with Crippen molar-refractivity contribution in [2.75, 3.05) is 36.4 Å². The monoisotopic (exact) mass is 353 g/mol. The molecule has 26 heavy (non-hydrogen) atoms. The van der Waals surface area contributed by atoms with Gasteiger partial charge in [0.05, 0.1) is 16.9 Å². The highest BCUT2D eigenvalue weighted by Gasteiger charge is 2.16. The topological polar surface area (TPSA) is 61.7 Å². The smallest absolute Gasteiger partial charge is 0.258 e. The van der Waals surface area contributed by atoms with Crippen LogP contribution in [0.15, 0.2) is 42.7 Å². The first kappa shape index (κ1) is 16.5. The number of pyridine rings is 1. The summed E-state index contributed by atoms with van der Waals surface area (Å²) in [5.74, 6) is -0.983. The molecule has 0 saturated carbocycles. The number of fused-ring (bicyclic) bond motifs is 1. The largest absolute Gasteiger partial charge is 0.369 e. The number of piperazine rings is 1. The van der Waals surface area contributed by atoms with E-state index in [1.165, 1.54) is 6.07 Å². The number of carbonyl (C=O) groups is 1. The second kappa shape index (κ2) is 6.76. The normalized spacial score (nSPS) is 14.6. The van der Waals surface area contributed by atoms with E-state index >= 15 is 0 Å². The second-order valence-electron chi connectivity index (χ2n) is 6.42. The van der Waals surface area contributed by atoms with Gasteiger partial charge < -0.3 is 19.9 Å². The van der Waals surface area contributed by atoms with E-state index in [2.05, 4.69) is 20.5 Å². The highest BCUT2D eigenvalue weighted by molar-refractivity contribution is 6.04. The van der Waals surface area contributed by atoms with E-state index in [1.807, 2.05) is 23.6 Å². The number of rotatable bonds is 3. The quantitative estimate of drug-likeness (QED) is 0.759. The third-order valence-corrected chi connectivity index (χ3v) is 4.51. The molecule has 0 bridgehead atoms. The summed E-state index contributed by atoms with van der Waals surface area (Å²) in [7, 11) is 0. The van der Waals surface area contributed by atoms with Crippen molar-refractivity contribution in [1.82, 2.24) is 14.7 Å². The number of anilines is 2. The summed E-state index contributed by atoms with van der Waals surface area (Å²) in [6.45, 7) is 5.31. The number of hydrogen-bond acceptors (Lipinski definition) is 4. The Morgan fingerprint density at radius 2 is 2.00 bits per heavy atom. The van der Waals surface area contributed by atoms with Crippen LogP contribution >= 0.6 is 0 Å². The van der Waals surface area contributed by atoms with Gasteiger partial charge in [0.25, 0.3) is 5.91 Å². The number of halogens is 1. The van der Waals surface area contributed by atoms with Crippen molar-refractivity contribution in [3.05, 3.63) is 59.8 Å². The molecule has 3 aromatic rings. The van der Waals surface area contributed by atoms with Crippen LogP contribution in [0.5, 0.6) is 0 Å². The summed E-state index contributed by atoms with van der Waals surface area (Å²) in [5.41, 5.74) is 3.11. The summed E-state index contributed by atoms with van der Waals surface area (Å²) < 4.78 is 16.3. The van der Waals surface area contributed by atoms with E-state index < -0.39 is 11.7 Å². The van der Waals surface area contributed by atoms with Crippen LogP contribution in [-0.2, 0) is 0 Å². The Balaban J connectivity index is 1.53. The van der Waals surface area contributed by atoms with E-state index in [1.54, 1.807) is 24.4 Å². The zero-order valence-corrected chi connectivity index (χ0v) is 14.5. The number of benzene rings is 1. The molecule has 1 saturated heterocycles. The fourth-order valence-electron chi connectivity index (χ4n) is 3.20. The van der Waals surface area contributed by atoms with Gasteiger partial charge in [0.15, 0.2) is 0 Å². The maximum Gasteiger partial charge on any atom is 0.258 e. The predicted octanol–water partition coefficient (Wildman–Crippen LogP) is 2.44. The van der Waals surface area contributed by atoms with E-state index in [0.717, 1.165) is 43.2 Å². The van der Waals surface area contributed by atoms with Crippen molar-refractivity contribution >= 4 is 22.9 Å². The van der Waals surface area contributed by atoms with Crippen LogP contribution in [0.4, 0.5) is 15.8 Å². The average Bonchev–Trinajstić information content (AvgIpc) is 3.01. The summed E-state index contributed by atoms with van der Waals surface area (Å²) >= 11 is 0. The van der Waals surface area contributed by atoms with Crippen molar-refractivity contribution in [2.45, 2.75) is 6.92 Å². The van der Waals surface area contributed by atoms with Gasteiger partial charge in [-0.05, 0) is 37.3 Å². The Labute approximate surface area is 150 Å². The van der Waals surface area contributed by atoms with Crippen LogP contribution in [0, 0.1) is 12.7 Å². The second-order valence-corrected chi connectivity index (χ2v) is 6.42. The van der Waals surface area contributed by atoms with Crippen LogP contribution in [-0.4, -0.2) is 41.5 Å². The number of aromatic nitrogens is 2. The molecule has 1 fully saturated rings. The van der Waals surface area contributed by atoms with Gasteiger partial charge in [-0.2, -0.15) is 0 Å². The summed E-state index contributed by atoms with van der Waals surface area (Å²) in [6, 6.07) is 8.34. The molecule has 6 nitrogen and oxygen atoms in total. The minimum absolute atomic E-state index is 0.0331. The maximum atomic E-state index is 14.5. The number of aryl methyl sites for hydroxylation is 1. The van der Waals surface area contributed by atoms with Crippen LogP contribution < -0.4 is 15.5 Å². The molecule has 0 aliphatic carbocycles. The molecule has 0 atom stereocenters. The summed E-state index contributed by atoms with van der Waals surface area (Å²) in [6.07, 6.45) is 3.63. The Kier molecular flexibility index (Phi) is 4.30. The van der Waals surface area contributed by atoms with Crippen molar-refractivity contribution in [2.24, 2.45) is 0 Å². The first-order chi connectivity index (χ1) is 12.6. The molecule has 0 radical (unpaired) electrons. The molecule has 2 N–H and O–H groups in total. The van der Waals surface area contributed by atoms with Crippen LogP contribution in [0.25, 0.3) is 5.65 Å². The molecule has 1 aliphatic rings. The van der Waals surface area contributed by atoms with Gasteiger partial charge >= 0.3 is 0 Å². The molecule has 1 aliphatic heterocycles. The van der Waals surface area contributed by atoms with Crippen LogP contribution in [0.1, 0.15) is 16.1 Å². The lowest BCUT2D eigenvalue weighted by atomic mass is 10.1. The van der Waals surface area contributed by atoms with Crippen molar-refractivity contribution in [3.8, 4) is 0 Å². The molecule has 7 heteroatoms. The fourth-order valence-corrected chi connectivity index (χ4v) is 3.20. The van der Waals surface area contributed by atoms with Gasteiger partial charge in [0, 0.05) is 44.3 Å². The van der Waals surface area contributed by atoms with Crippen LogP contribution in [0.3, 0.4) is 0 Å². The standard InChI is InChI=1S/C19H20FN5O/c1-13-11-25-12-14(2-5-18(25)22-13)23-19(26)16-4-3-15(10-17(16)20)24-8-6-21-7-9-24/h2-5,10-12,21H,6-9H2,1H3,(H,23,26). The number of carbonyl (C=O) groups excluding carboxylic acids is 1. The highest BCUT2D eigenvalue weighted by Crippen LogP contribution is 2.20. The maximum absolute atomic E-state index is 14.5. The first-order valence-corrected chi connectivity index (χ1v) is 8.62. The lowest BCUT2D eigenvalue weighted by Gasteiger charge is -2.29. The molecule has 4 rings (SSSR count). The van der Waals surface area contributed by atoms with Gasteiger partial charge in [-0.3, -0.25) is 4.79 Å². The fraction of sp³-hybridized carbons (Fsp3) is 0.263. The molecule has 134 valence electrons. The number of nitrogens with one attached hydrogen (secondary N) is 2. The van der Waals surface area contributed by atoms with E-state index in [0.29, 0.717) is 5.69 Å². The third-order valence-electron chi connectivity index (χ3n) is 4.51. The third kappa shape index (κ3) is 3.25. The Morgan fingerprint density at radius 1 is 1.19 bits per heavy atom. The molecule has 2 aromatic heterocycles. The molecule has 3 heterocycles. The van der Waals surface area contributed by atoms with Gasteiger partial charge in [0.2, 0.25) is 0 Å². The Bertz CT molecular complexity index is 962. The number of hydrogen-bond donors (Lipinski definition) is 2. The molecule has 0 unspecified atom stereocenters. The Hall–Kier alpha value is -2.93. The predicted molar refractivity (Wildman–Crippen MR) is 99.4 cm³/mol. The highest BCUT2D eigenvalue weighted by atomic mass is 19.1. The van der Waals surface area contributed by atoms with Gasteiger partial charge in [-0.15, -0.1) is 0 Å². The lowest BCUT2D eigenvalue weighted by Crippen LogP contribution is -2.43. The zero-order valence-electron chi connectivity index (χ0n) is 14.5. The summed E-state index contributed by atoms with van der Waals surface area (Å²) in [5, 5.41) is 6.01. The van der Waals surface area contributed by atoms with E-state index in [-0.39, 0.29) is 5.56 Å². The average molecular weight is 353 g/mol. The molecule has 1 amide bonds. The minimum atomic E-state index is -0.516. The van der Waals surface area contributed by atoms with Gasteiger partial charge in [-0.1, -0.05) is 0 Å². The molecule has 0 spiro atoms. The van der Waals surface area contributed by atoms with Gasteiger partial charge in [0.1, 0.15) is 11.5 Å². The number of imidazole rings is 1. The van der Waals surface area contributed by atoms with E-state index in [9.17, 15) is 9.18 Å². The number of nitrogens with zero attached hydrogens (tertiary/aromatic N) is 3. The minimum Gasteiger partial charge on any atom is -0.369 e. The Morgan fingerprint density at radius 3 is 2.77 bits per heavy atom. The SMILES string of the molecule is Cc1cn2cc(NC(=O)c3ccc(N4CCNCC4)cc3F)ccc2n1. The zero-order chi connectivity index (χ0) is 18.1. The first-order valence-electron chi connectivity index (χ1n) is 8.62. The van der Waals surface area contributed by atoms with Crippen molar-refractivity contribution in [3.63, 3.8) is 0 Å². The van der Waals surface area contributed by atoms with Gasteiger partial charge in [-0.25, -0.2) is 9.37 Å². The molecular weight excluding hydrogens is 333 g/mol. The lowest BCUT2D eigenvalue weighted by molar-refractivity contribution is 0.102. The van der Waals surface area contributed by atoms with E-state index in [4.69, 9.17) is 0 Å². The summed E-state index contributed by atoms with van der Waals surface area (Å²) in [4.78, 5) is 18.9. The van der Waals surface area contributed by atoms with Crippen molar-refractivity contribution in [1.29, 1.82) is 0 Å². The number of amides is 1. The van der Waals surface area contributed by atoms with Crippen molar-refractivity contribution < 1.29 is 9.18 Å². The molecule has 1 aromatic carbocycles. The molecular formula is C19H20FN5O.